The topological polar surface area (TPSA) is 37.4 Å². The number of halogens is 1. The van der Waals surface area contributed by atoms with Crippen molar-refractivity contribution in [3.63, 3.8) is 0 Å². The van der Waals surface area contributed by atoms with Gasteiger partial charge in [0.05, 0.1) is 10.6 Å². The van der Waals surface area contributed by atoms with Crippen LogP contribution in [-0.2, 0) is 10.0 Å². The van der Waals surface area contributed by atoms with Gasteiger partial charge in [-0.3, -0.25) is 4.31 Å². The Bertz CT molecular complexity index is 1200. The maximum atomic E-state index is 13.6. The van der Waals surface area contributed by atoms with Gasteiger partial charge in [-0.2, -0.15) is 0 Å². The van der Waals surface area contributed by atoms with Gasteiger partial charge in [0.15, 0.2) is 0 Å². The molecule has 3 aromatic rings. The van der Waals surface area contributed by atoms with E-state index in [9.17, 15) is 8.42 Å². The van der Waals surface area contributed by atoms with Crippen molar-refractivity contribution in [1.82, 2.24) is 0 Å². The van der Waals surface area contributed by atoms with Crippen molar-refractivity contribution >= 4 is 32.9 Å². The maximum Gasteiger partial charge on any atom is 0.264 e. The fourth-order valence-corrected chi connectivity index (χ4v) is 4.96. The van der Waals surface area contributed by atoms with Crippen LogP contribution in [0.25, 0.3) is 5.57 Å². The normalized spacial score (nSPS) is 11.2. The van der Waals surface area contributed by atoms with Crippen LogP contribution in [0.15, 0.2) is 90.9 Å². The second kappa shape index (κ2) is 9.54. The smallest absolute Gasteiger partial charge is 0.264 e. The van der Waals surface area contributed by atoms with Gasteiger partial charge in [-0.05, 0) is 61.7 Å². The molecule has 3 rings (SSSR count). The Balaban J connectivity index is 2.16. The third-order valence-corrected chi connectivity index (χ3v) is 7.16. The first-order valence-corrected chi connectivity index (χ1v) is 11.8. The lowest BCUT2D eigenvalue weighted by Gasteiger charge is -2.27. The number of nitrogens with zero attached hydrogens (tertiary/aromatic N) is 1. The van der Waals surface area contributed by atoms with Gasteiger partial charge >= 0.3 is 0 Å². The Labute approximate surface area is 190 Å². The molecule has 0 unspecified atom stereocenters. The van der Waals surface area contributed by atoms with Gasteiger partial charge in [-0.15, -0.1) is 6.58 Å². The minimum absolute atomic E-state index is 0.240. The molecule has 0 aliphatic heterocycles. The van der Waals surface area contributed by atoms with Gasteiger partial charge in [-0.1, -0.05) is 71.8 Å². The number of hydrogen-bond donors (Lipinski definition) is 0. The zero-order chi connectivity index (χ0) is 22.6. The molecule has 31 heavy (non-hydrogen) atoms. The van der Waals surface area contributed by atoms with Gasteiger partial charge in [0, 0.05) is 17.1 Å². The second-order valence-corrected chi connectivity index (χ2v) is 9.77. The molecule has 0 bridgehead atoms. The first kappa shape index (κ1) is 22.9. The number of hydrogen-bond acceptors (Lipinski definition) is 2. The van der Waals surface area contributed by atoms with Crippen LogP contribution in [0.4, 0.5) is 5.69 Å². The van der Waals surface area contributed by atoms with Crippen molar-refractivity contribution in [3.05, 3.63) is 113 Å². The summed E-state index contributed by atoms with van der Waals surface area (Å²) >= 11 is 6.31. The molecule has 0 radical (unpaired) electrons. The highest BCUT2D eigenvalue weighted by molar-refractivity contribution is 7.92. The van der Waals surface area contributed by atoms with Gasteiger partial charge < -0.3 is 0 Å². The molecule has 3 aromatic carbocycles. The molecule has 3 nitrogen and oxygen atoms in total. The number of anilines is 1. The predicted molar refractivity (Wildman–Crippen MR) is 131 cm³/mol. The summed E-state index contributed by atoms with van der Waals surface area (Å²) in [6.45, 7) is 12.2. The van der Waals surface area contributed by atoms with E-state index in [0.717, 1.165) is 16.7 Å². The molecule has 0 saturated heterocycles. The van der Waals surface area contributed by atoms with Crippen LogP contribution in [0.5, 0.6) is 0 Å². The summed E-state index contributed by atoms with van der Waals surface area (Å²) in [5, 5.41) is 0.517. The molecule has 0 fully saturated rings. The molecule has 5 heteroatoms. The van der Waals surface area contributed by atoms with E-state index < -0.39 is 10.0 Å². The number of sulfonamides is 1. The Morgan fingerprint density at radius 1 is 0.968 bits per heavy atom. The molecular formula is C26H26ClNO2S. The monoisotopic (exact) mass is 451 g/mol. The summed E-state index contributed by atoms with van der Waals surface area (Å²) in [4.78, 5) is 0.240. The zero-order valence-corrected chi connectivity index (χ0v) is 19.4. The van der Waals surface area contributed by atoms with Gasteiger partial charge in [-0.25, -0.2) is 8.42 Å². The number of rotatable bonds is 8. The highest BCUT2D eigenvalue weighted by Crippen LogP contribution is 2.36. The van der Waals surface area contributed by atoms with Gasteiger partial charge in [0.25, 0.3) is 10.0 Å². The highest BCUT2D eigenvalue weighted by atomic mass is 35.5. The summed E-state index contributed by atoms with van der Waals surface area (Å²) in [5.74, 6) is 0. The minimum Gasteiger partial charge on any atom is -0.265 e. The molecule has 0 heterocycles. The first-order valence-electron chi connectivity index (χ1n) is 10.00. The quantitative estimate of drug-likeness (QED) is 0.353. The summed E-state index contributed by atoms with van der Waals surface area (Å²) in [6, 6.07) is 20.0. The molecule has 160 valence electrons. The van der Waals surface area contributed by atoms with E-state index in [4.69, 9.17) is 11.6 Å². The molecule has 0 amide bonds. The molecule has 0 saturated carbocycles. The van der Waals surface area contributed by atoms with Crippen LogP contribution in [0, 0.1) is 13.8 Å². The third kappa shape index (κ3) is 5.09. The second-order valence-electron chi connectivity index (χ2n) is 7.47. The van der Waals surface area contributed by atoms with E-state index in [1.54, 1.807) is 48.5 Å². The van der Waals surface area contributed by atoms with Crippen molar-refractivity contribution in [2.75, 3.05) is 10.8 Å². The molecule has 0 aromatic heterocycles. The third-order valence-electron chi connectivity index (χ3n) is 5.10. The molecule has 0 aliphatic rings. The van der Waals surface area contributed by atoms with Gasteiger partial charge in [0.1, 0.15) is 0 Å². The van der Waals surface area contributed by atoms with Crippen LogP contribution in [-0.4, -0.2) is 15.0 Å². The summed E-state index contributed by atoms with van der Waals surface area (Å²) < 4.78 is 28.7. The van der Waals surface area contributed by atoms with Crippen LogP contribution < -0.4 is 4.31 Å². The fourth-order valence-electron chi connectivity index (χ4n) is 3.29. The van der Waals surface area contributed by atoms with Crippen LogP contribution in [0.2, 0.25) is 5.02 Å². The lowest BCUT2D eigenvalue weighted by atomic mass is 9.97. The van der Waals surface area contributed by atoms with E-state index >= 15 is 0 Å². The molecule has 0 spiro atoms. The van der Waals surface area contributed by atoms with Crippen molar-refractivity contribution in [2.24, 2.45) is 0 Å². The molecule has 0 atom stereocenters. The van der Waals surface area contributed by atoms with E-state index in [2.05, 4.69) is 13.2 Å². The summed E-state index contributed by atoms with van der Waals surface area (Å²) in [6.07, 6.45) is 2.21. The first-order chi connectivity index (χ1) is 14.7. The Morgan fingerprint density at radius 3 is 2.13 bits per heavy atom. The highest BCUT2D eigenvalue weighted by Gasteiger charge is 2.27. The largest absolute Gasteiger partial charge is 0.265 e. The molecular weight excluding hydrogens is 426 g/mol. The SMILES string of the molecule is C=CCCN(c1ccc(Cl)cc1C(=C)c1ccc(C)cc1)S(=O)(=O)c1ccc(C)cc1. The van der Waals surface area contributed by atoms with Crippen LogP contribution in [0.3, 0.4) is 0 Å². The molecule has 0 aliphatic carbocycles. The van der Waals surface area contributed by atoms with Crippen molar-refractivity contribution < 1.29 is 8.42 Å². The standard InChI is InChI=1S/C26H26ClNO2S/c1-5-6-17-28(31(29,30)24-14-9-20(3)10-15-24)26-16-13-23(27)18-25(26)21(4)22-11-7-19(2)8-12-22/h5,7-16,18H,1,4,6,17H2,2-3H3. The van der Waals surface area contributed by atoms with Gasteiger partial charge in [0.2, 0.25) is 0 Å². The molecule has 0 N–H and O–H groups in total. The zero-order valence-electron chi connectivity index (χ0n) is 17.8. The number of aryl methyl sites for hydroxylation is 2. The van der Waals surface area contributed by atoms with Crippen molar-refractivity contribution in [1.29, 1.82) is 0 Å². The lowest BCUT2D eigenvalue weighted by Crippen LogP contribution is -2.32. The van der Waals surface area contributed by atoms with E-state index in [0.29, 0.717) is 28.3 Å². The maximum absolute atomic E-state index is 13.6. The van der Waals surface area contributed by atoms with Crippen molar-refractivity contribution in [2.45, 2.75) is 25.2 Å². The Morgan fingerprint density at radius 2 is 1.55 bits per heavy atom. The van der Waals surface area contributed by atoms with Crippen LogP contribution in [0.1, 0.15) is 28.7 Å². The Hall–Kier alpha value is -2.82. The average molecular weight is 452 g/mol. The van der Waals surface area contributed by atoms with Crippen molar-refractivity contribution in [3.8, 4) is 0 Å². The van der Waals surface area contributed by atoms with E-state index in [-0.39, 0.29) is 11.4 Å². The van der Waals surface area contributed by atoms with E-state index in [1.165, 1.54) is 4.31 Å². The lowest BCUT2D eigenvalue weighted by molar-refractivity contribution is 0.591. The fraction of sp³-hybridized carbons (Fsp3) is 0.154. The van der Waals surface area contributed by atoms with E-state index in [1.807, 2.05) is 38.1 Å². The average Bonchev–Trinajstić information content (AvgIpc) is 2.75. The predicted octanol–water partition coefficient (Wildman–Crippen LogP) is 6.79. The minimum atomic E-state index is -3.80. The summed E-state index contributed by atoms with van der Waals surface area (Å²) in [7, 11) is -3.80. The number of benzene rings is 3. The summed E-state index contributed by atoms with van der Waals surface area (Å²) in [5.41, 5.74) is 4.97. The Kier molecular flexibility index (Phi) is 7.04. The van der Waals surface area contributed by atoms with Crippen LogP contribution >= 0.6 is 11.6 Å².